The average molecular weight is 437 g/mol. The summed E-state index contributed by atoms with van der Waals surface area (Å²) in [6.45, 7) is 6.13. The fourth-order valence-corrected chi connectivity index (χ4v) is 4.43. The number of guanidine groups is 1. The highest BCUT2D eigenvalue weighted by molar-refractivity contribution is 9.10. The minimum atomic E-state index is 0.657. The fourth-order valence-electron chi connectivity index (χ4n) is 4.04. The Kier molecular flexibility index (Phi) is 7.82. The predicted molar refractivity (Wildman–Crippen MR) is 117 cm³/mol. The highest BCUT2D eigenvalue weighted by Crippen LogP contribution is 2.26. The van der Waals surface area contributed by atoms with Crippen molar-refractivity contribution in [1.82, 2.24) is 10.2 Å². The molecule has 2 aliphatic heterocycles. The molecule has 1 atom stereocenters. The molecule has 150 valence electrons. The molecule has 3 rings (SSSR count). The summed E-state index contributed by atoms with van der Waals surface area (Å²) in [4.78, 5) is 9.24. The van der Waals surface area contributed by atoms with Crippen molar-refractivity contribution in [3.63, 3.8) is 0 Å². The molecule has 2 aliphatic rings. The van der Waals surface area contributed by atoms with Crippen LogP contribution in [0.4, 0.5) is 5.69 Å². The number of benzene rings is 1. The number of hydrogen-bond acceptors (Lipinski definition) is 3. The second kappa shape index (κ2) is 10.3. The van der Waals surface area contributed by atoms with Gasteiger partial charge in [-0.25, -0.2) is 0 Å². The summed E-state index contributed by atoms with van der Waals surface area (Å²) in [5.41, 5.74) is 1.31. The smallest absolute Gasteiger partial charge is 0.193 e. The average Bonchev–Trinajstić information content (AvgIpc) is 3.17. The molecule has 0 amide bonds. The maximum atomic E-state index is 5.46. The van der Waals surface area contributed by atoms with Gasteiger partial charge in [-0.05, 0) is 55.7 Å². The van der Waals surface area contributed by atoms with Crippen LogP contribution in [-0.2, 0) is 4.74 Å². The van der Waals surface area contributed by atoms with Crippen LogP contribution in [0.5, 0.6) is 0 Å². The number of aliphatic imine (C=N–C) groups is 1. The van der Waals surface area contributed by atoms with Gasteiger partial charge in [-0.1, -0.05) is 22.0 Å². The standard InChI is InChI=1S/C21H33BrN4O/c1-23-21(25(2)10-6-17-8-12-27-13-9-17)24-15-18-7-11-26(16-18)20-5-3-4-19(22)14-20/h3-5,14,17-18H,6-13,15-16H2,1-2H3,(H,23,24). The molecule has 6 heteroatoms. The Hall–Kier alpha value is -1.27. The normalized spacial score (nSPS) is 21.5. The van der Waals surface area contributed by atoms with E-state index in [9.17, 15) is 0 Å². The molecule has 1 aromatic rings. The van der Waals surface area contributed by atoms with Crippen molar-refractivity contribution in [2.75, 3.05) is 58.4 Å². The van der Waals surface area contributed by atoms with E-state index in [1.165, 1.54) is 31.4 Å². The number of nitrogens with zero attached hydrogens (tertiary/aromatic N) is 3. The van der Waals surface area contributed by atoms with Gasteiger partial charge in [0.25, 0.3) is 0 Å². The van der Waals surface area contributed by atoms with E-state index in [-0.39, 0.29) is 0 Å². The Morgan fingerprint density at radius 2 is 2.11 bits per heavy atom. The number of nitrogens with one attached hydrogen (secondary N) is 1. The molecule has 2 saturated heterocycles. The zero-order chi connectivity index (χ0) is 19.1. The molecule has 0 bridgehead atoms. The van der Waals surface area contributed by atoms with E-state index in [4.69, 9.17) is 4.74 Å². The minimum Gasteiger partial charge on any atom is -0.381 e. The number of halogens is 1. The van der Waals surface area contributed by atoms with Gasteiger partial charge in [0.2, 0.25) is 0 Å². The third kappa shape index (κ3) is 6.11. The van der Waals surface area contributed by atoms with Gasteiger partial charge in [-0.2, -0.15) is 0 Å². The molecule has 1 unspecified atom stereocenters. The molecule has 0 aliphatic carbocycles. The molecule has 27 heavy (non-hydrogen) atoms. The molecule has 0 saturated carbocycles. The summed E-state index contributed by atoms with van der Waals surface area (Å²) in [6.07, 6.45) is 4.85. The van der Waals surface area contributed by atoms with Gasteiger partial charge in [-0.15, -0.1) is 0 Å². The largest absolute Gasteiger partial charge is 0.381 e. The lowest BCUT2D eigenvalue weighted by Gasteiger charge is -2.27. The topological polar surface area (TPSA) is 40.1 Å². The second-order valence-electron chi connectivity index (χ2n) is 7.77. The Morgan fingerprint density at radius 1 is 1.30 bits per heavy atom. The maximum absolute atomic E-state index is 5.46. The number of hydrogen-bond donors (Lipinski definition) is 1. The lowest BCUT2D eigenvalue weighted by atomic mass is 9.96. The highest BCUT2D eigenvalue weighted by atomic mass is 79.9. The van der Waals surface area contributed by atoms with Crippen molar-refractivity contribution in [3.05, 3.63) is 28.7 Å². The molecule has 1 aromatic carbocycles. The first-order valence-corrected chi connectivity index (χ1v) is 10.9. The van der Waals surface area contributed by atoms with Crippen LogP contribution in [0.2, 0.25) is 0 Å². The van der Waals surface area contributed by atoms with Crippen molar-refractivity contribution < 1.29 is 4.74 Å². The van der Waals surface area contributed by atoms with E-state index in [1.807, 2.05) is 7.05 Å². The number of ether oxygens (including phenoxy) is 1. The minimum absolute atomic E-state index is 0.657. The van der Waals surface area contributed by atoms with Gasteiger partial charge in [0.15, 0.2) is 5.96 Å². The SMILES string of the molecule is CN=C(NCC1CCN(c2cccc(Br)c2)C1)N(C)CCC1CCOCC1. The van der Waals surface area contributed by atoms with Crippen LogP contribution in [-0.4, -0.2) is 64.3 Å². The van der Waals surface area contributed by atoms with Crippen molar-refractivity contribution in [1.29, 1.82) is 0 Å². The summed E-state index contributed by atoms with van der Waals surface area (Å²) >= 11 is 3.58. The van der Waals surface area contributed by atoms with Crippen LogP contribution >= 0.6 is 15.9 Å². The summed E-state index contributed by atoms with van der Waals surface area (Å²) in [6, 6.07) is 8.60. The number of anilines is 1. The Balaban J connectivity index is 1.41. The van der Waals surface area contributed by atoms with E-state index in [1.54, 1.807) is 0 Å². The van der Waals surface area contributed by atoms with E-state index < -0.39 is 0 Å². The molecule has 2 heterocycles. The van der Waals surface area contributed by atoms with Crippen molar-refractivity contribution in [2.45, 2.75) is 25.7 Å². The molecule has 2 fully saturated rings. The van der Waals surface area contributed by atoms with E-state index in [2.05, 4.69) is 67.4 Å². The van der Waals surface area contributed by atoms with Crippen molar-refractivity contribution in [2.24, 2.45) is 16.8 Å². The predicted octanol–water partition coefficient (Wildman–Crippen LogP) is 3.60. The van der Waals surface area contributed by atoms with Crippen molar-refractivity contribution >= 4 is 27.6 Å². The zero-order valence-electron chi connectivity index (χ0n) is 16.7. The van der Waals surface area contributed by atoms with Crippen LogP contribution < -0.4 is 10.2 Å². The van der Waals surface area contributed by atoms with Gasteiger partial charge in [0, 0.05) is 63.6 Å². The maximum Gasteiger partial charge on any atom is 0.193 e. The molecule has 0 radical (unpaired) electrons. The quantitative estimate of drug-likeness (QED) is 0.546. The first-order valence-electron chi connectivity index (χ1n) is 10.2. The van der Waals surface area contributed by atoms with Crippen LogP contribution in [0, 0.1) is 11.8 Å². The summed E-state index contributed by atoms with van der Waals surface area (Å²) < 4.78 is 6.61. The first-order chi connectivity index (χ1) is 13.2. The van der Waals surface area contributed by atoms with Crippen LogP contribution in [0.1, 0.15) is 25.7 Å². The molecular weight excluding hydrogens is 404 g/mol. The Morgan fingerprint density at radius 3 is 2.85 bits per heavy atom. The third-order valence-electron chi connectivity index (χ3n) is 5.80. The molecule has 0 spiro atoms. The lowest BCUT2D eigenvalue weighted by molar-refractivity contribution is 0.0625. The van der Waals surface area contributed by atoms with Gasteiger partial charge in [-0.3, -0.25) is 4.99 Å². The summed E-state index contributed by atoms with van der Waals surface area (Å²) in [5.74, 6) is 2.47. The fraction of sp³-hybridized carbons (Fsp3) is 0.667. The molecule has 5 nitrogen and oxygen atoms in total. The zero-order valence-corrected chi connectivity index (χ0v) is 18.2. The third-order valence-corrected chi connectivity index (χ3v) is 6.29. The van der Waals surface area contributed by atoms with Crippen molar-refractivity contribution in [3.8, 4) is 0 Å². The summed E-state index contributed by atoms with van der Waals surface area (Å²) in [5, 5.41) is 3.60. The second-order valence-corrected chi connectivity index (χ2v) is 8.69. The van der Waals surface area contributed by atoms with E-state index in [0.29, 0.717) is 5.92 Å². The Labute approximate surface area is 172 Å². The molecule has 0 aromatic heterocycles. The van der Waals surface area contributed by atoms with Crippen LogP contribution in [0.3, 0.4) is 0 Å². The van der Waals surface area contributed by atoms with Crippen LogP contribution in [0.15, 0.2) is 33.7 Å². The molecular formula is C21H33BrN4O. The monoisotopic (exact) mass is 436 g/mol. The van der Waals surface area contributed by atoms with Gasteiger partial charge in [0.05, 0.1) is 0 Å². The van der Waals surface area contributed by atoms with Gasteiger partial charge in [0.1, 0.15) is 0 Å². The van der Waals surface area contributed by atoms with E-state index in [0.717, 1.165) is 55.7 Å². The van der Waals surface area contributed by atoms with E-state index >= 15 is 0 Å². The molecule has 1 N–H and O–H groups in total. The lowest BCUT2D eigenvalue weighted by Crippen LogP contribution is -2.42. The van der Waals surface area contributed by atoms with Gasteiger partial charge >= 0.3 is 0 Å². The number of rotatable bonds is 6. The van der Waals surface area contributed by atoms with Gasteiger partial charge < -0.3 is 19.9 Å². The summed E-state index contributed by atoms with van der Waals surface area (Å²) in [7, 11) is 4.03. The highest BCUT2D eigenvalue weighted by Gasteiger charge is 2.23. The Bertz CT molecular complexity index is 618. The van der Waals surface area contributed by atoms with Crippen LogP contribution in [0.25, 0.3) is 0 Å². The first kappa shape index (κ1) is 20.5.